The molecular formula is C18H19ClFN5O2S2. The van der Waals surface area contributed by atoms with Crippen LogP contribution in [0.3, 0.4) is 0 Å². The maximum absolute atomic E-state index is 14.5. The Balaban J connectivity index is 1.71. The molecule has 1 heterocycles. The van der Waals surface area contributed by atoms with E-state index >= 15 is 0 Å². The molecule has 0 bridgehead atoms. The second kappa shape index (κ2) is 9.49. The van der Waals surface area contributed by atoms with Crippen LogP contribution in [-0.4, -0.2) is 37.4 Å². The minimum Gasteiger partial charge on any atom is -0.382 e. The average molecular weight is 456 g/mol. The van der Waals surface area contributed by atoms with Gasteiger partial charge in [-0.1, -0.05) is 41.9 Å². The summed E-state index contributed by atoms with van der Waals surface area (Å²) in [7, 11) is -2.33. The molecule has 0 aliphatic carbocycles. The van der Waals surface area contributed by atoms with Crippen LogP contribution in [0.2, 0.25) is 5.02 Å². The van der Waals surface area contributed by atoms with Crippen molar-refractivity contribution in [1.29, 1.82) is 0 Å². The Hall–Kier alpha value is -2.27. The van der Waals surface area contributed by atoms with Crippen LogP contribution in [0, 0.1) is 5.82 Å². The number of halogens is 2. The number of likely N-dealkylation sites (N-methyl/N-ethyl adjacent to an activating group) is 1. The first-order chi connectivity index (χ1) is 13.9. The summed E-state index contributed by atoms with van der Waals surface area (Å²) in [6.45, 7) is 0.472. The van der Waals surface area contributed by atoms with Gasteiger partial charge in [0.1, 0.15) is 17.0 Å². The molecule has 1 aromatic heterocycles. The van der Waals surface area contributed by atoms with E-state index in [4.69, 9.17) is 11.6 Å². The minimum absolute atomic E-state index is 0.0421. The Labute approximate surface area is 177 Å². The zero-order valence-electron chi connectivity index (χ0n) is 15.4. The summed E-state index contributed by atoms with van der Waals surface area (Å²) in [5.41, 5.74) is 1.47. The van der Waals surface area contributed by atoms with Crippen molar-refractivity contribution in [3.8, 4) is 0 Å². The first kappa shape index (κ1) is 21.4. The quantitative estimate of drug-likeness (QED) is 0.458. The number of nitrogens with one attached hydrogen (secondary N) is 3. The summed E-state index contributed by atoms with van der Waals surface area (Å²) in [6.07, 6.45) is 1.97. The van der Waals surface area contributed by atoms with Crippen LogP contribution in [0.4, 0.5) is 15.2 Å². The molecule has 3 rings (SSSR count). The van der Waals surface area contributed by atoms with E-state index in [9.17, 15) is 12.8 Å². The van der Waals surface area contributed by atoms with Crippen LogP contribution in [0.15, 0.2) is 53.7 Å². The van der Waals surface area contributed by atoms with Crippen molar-refractivity contribution in [3.05, 3.63) is 65.2 Å². The molecule has 7 nitrogen and oxygen atoms in total. The maximum Gasteiger partial charge on any atom is 0.266 e. The van der Waals surface area contributed by atoms with E-state index in [0.29, 0.717) is 12.2 Å². The molecule has 0 radical (unpaired) electrons. The van der Waals surface area contributed by atoms with Gasteiger partial charge in [0, 0.05) is 24.1 Å². The summed E-state index contributed by atoms with van der Waals surface area (Å²) >= 11 is 7.05. The molecule has 1 atom stereocenters. The normalized spacial score (nSPS) is 12.5. The maximum atomic E-state index is 14.5. The van der Waals surface area contributed by atoms with Gasteiger partial charge in [0.2, 0.25) is 5.13 Å². The number of rotatable bonds is 9. The number of sulfonamides is 1. The highest BCUT2D eigenvalue weighted by Gasteiger charge is 2.23. The topological polar surface area (TPSA) is 96.0 Å². The predicted octanol–water partition coefficient (Wildman–Crippen LogP) is 3.37. The lowest BCUT2D eigenvalue weighted by molar-refractivity contribution is 0.569. The average Bonchev–Trinajstić information content (AvgIpc) is 3.20. The number of aromatic nitrogens is 2. The lowest BCUT2D eigenvalue weighted by Gasteiger charge is -2.19. The molecule has 0 spiro atoms. The van der Waals surface area contributed by atoms with Gasteiger partial charge in [-0.05, 0) is 31.2 Å². The van der Waals surface area contributed by atoms with Gasteiger partial charge in [0.05, 0.1) is 10.7 Å². The molecule has 0 aliphatic heterocycles. The van der Waals surface area contributed by atoms with Crippen molar-refractivity contribution in [2.24, 2.45) is 0 Å². The van der Waals surface area contributed by atoms with Crippen molar-refractivity contribution in [2.45, 2.75) is 17.4 Å². The molecule has 3 N–H and O–H groups in total. The molecule has 1 unspecified atom stereocenters. The standard InChI is InChI=1S/C18H19ClFN5O2S2/c1-21-13(7-12-5-3-2-4-6-12)10-22-16-9-15(20)17(8-14(16)19)29(26,27)25-18-23-11-24-28-18/h2-6,8-9,11,13,21-22H,7,10H2,1H3,(H,23,24,25). The molecule has 0 fully saturated rings. The van der Waals surface area contributed by atoms with Crippen LogP contribution in [0.5, 0.6) is 0 Å². The highest BCUT2D eigenvalue weighted by molar-refractivity contribution is 7.93. The minimum atomic E-state index is -4.17. The first-order valence-electron chi connectivity index (χ1n) is 8.62. The van der Waals surface area contributed by atoms with Crippen LogP contribution in [0.1, 0.15) is 5.56 Å². The Bertz CT molecular complexity index is 1050. The van der Waals surface area contributed by atoms with E-state index in [1.165, 1.54) is 6.33 Å². The second-order valence-electron chi connectivity index (χ2n) is 6.17. The molecule has 0 aliphatic rings. The lowest BCUT2D eigenvalue weighted by atomic mass is 10.1. The van der Waals surface area contributed by atoms with Gasteiger partial charge in [-0.2, -0.15) is 4.37 Å². The molecule has 0 amide bonds. The zero-order valence-corrected chi connectivity index (χ0v) is 17.8. The Kier molecular flexibility index (Phi) is 7.01. The third-order valence-corrected chi connectivity index (χ3v) is 6.54. The Morgan fingerprint density at radius 1 is 1.24 bits per heavy atom. The summed E-state index contributed by atoms with van der Waals surface area (Å²) in [5.74, 6) is -0.919. The molecule has 154 valence electrons. The molecule has 0 saturated carbocycles. The number of hydrogen-bond acceptors (Lipinski definition) is 7. The van der Waals surface area contributed by atoms with Crippen molar-refractivity contribution >= 4 is 44.0 Å². The fourth-order valence-corrected chi connectivity index (χ4v) is 4.71. The van der Waals surface area contributed by atoms with Gasteiger partial charge in [-0.25, -0.2) is 17.8 Å². The van der Waals surface area contributed by atoms with Crippen LogP contribution in [-0.2, 0) is 16.4 Å². The Morgan fingerprint density at radius 2 is 2.00 bits per heavy atom. The highest BCUT2D eigenvalue weighted by Crippen LogP contribution is 2.29. The van der Waals surface area contributed by atoms with Gasteiger partial charge < -0.3 is 10.6 Å². The van der Waals surface area contributed by atoms with E-state index in [2.05, 4.69) is 24.7 Å². The van der Waals surface area contributed by atoms with E-state index < -0.39 is 20.7 Å². The fourth-order valence-electron chi connectivity index (χ4n) is 2.67. The van der Waals surface area contributed by atoms with Gasteiger partial charge in [-0.15, -0.1) is 0 Å². The zero-order chi connectivity index (χ0) is 20.9. The summed E-state index contributed by atoms with van der Waals surface area (Å²) < 4.78 is 45.2. The van der Waals surface area contributed by atoms with Crippen LogP contribution >= 0.6 is 23.1 Å². The number of nitrogens with zero attached hydrogens (tertiary/aromatic N) is 2. The number of benzene rings is 2. The molecule has 0 saturated heterocycles. The van der Waals surface area contributed by atoms with Crippen LogP contribution < -0.4 is 15.4 Å². The second-order valence-corrected chi connectivity index (χ2v) is 9.01. The highest BCUT2D eigenvalue weighted by atomic mass is 35.5. The number of hydrogen-bond donors (Lipinski definition) is 3. The predicted molar refractivity (Wildman–Crippen MR) is 114 cm³/mol. The lowest BCUT2D eigenvalue weighted by Crippen LogP contribution is -2.34. The SMILES string of the molecule is CNC(CNc1cc(F)c(S(=O)(=O)Nc2ncns2)cc1Cl)Cc1ccccc1. The van der Waals surface area contributed by atoms with Crippen molar-refractivity contribution in [3.63, 3.8) is 0 Å². The fraction of sp³-hybridized carbons (Fsp3) is 0.222. The van der Waals surface area contributed by atoms with Gasteiger partial charge >= 0.3 is 0 Å². The van der Waals surface area contributed by atoms with Crippen molar-refractivity contribution in [1.82, 2.24) is 14.7 Å². The summed E-state index contributed by atoms with van der Waals surface area (Å²) in [4.78, 5) is 3.17. The molecule has 3 aromatic rings. The molecular weight excluding hydrogens is 437 g/mol. The van der Waals surface area contributed by atoms with Gasteiger partial charge in [0.25, 0.3) is 10.0 Å². The monoisotopic (exact) mass is 455 g/mol. The molecule has 29 heavy (non-hydrogen) atoms. The van der Waals surface area contributed by atoms with E-state index in [0.717, 1.165) is 35.6 Å². The van der Waals surface area contributed by atoms with Crippen molar-refractivity contribution in [2.75, 3.05) is 23.6 Å². The molecule has 2 aromatic carbocycles. The van der Waals surface area contributed by atoms with E-state index in [1.807, 2.05) is 37.4 Å². The largest absolute Gasteiger partial charge is 0.382 e. The molecule has 11 heteroatoms. The third kappa shape index (κ3) is 5.63. The van der Waals surface area contributed by atoms with Crippen LogP contribution in [0.25, 0.3) is 0 Å². The third-order valence-electron chi connectivity index (χ3n) is 4.17. The van der Waals surface area contributed by atoms with E-state index in [1.54, 1.807) is 0 Å². The number of anilines is 2. The van der Waals surface area contributed by atoms with Crippen molar-refractivity contribution < 1.29 is 12.8 Å². The smallest absolute Gasteiger partial charge is 0.266 e. The first-order valence-corrected chi connectivity index (χ1v) is 11.3. The van der Waals surface area contributed by atoms with E-state index in [-0.39, 0.29) is 16.2 Å². The summed E-state index contributed by atoms with van der Waals surface area (Å²) in [5, 5.41) is 6.42. The Morgan fingerprint density at radius 3 is 2.66 bits per heavy atom. The summed E-state index contributed by atoms with van der Waals surface area (Å²) in [6, 6.07) is 12.2. The van der Waals surface area contributed by atoms with Gasteiger partial charge in [-0.3, -0.25) is 4.72 Å². The van der Waals surface area contributed by atoms with Gasteiger partial charge in [0.15, 0.2) is 0 Å².